The number of hydrogen-bond acceptors (Lipinski definition) is 7. The van der Waals surface area contributed by atoms with E-state index in [9.17, 15) is 31.3 Å². The van der Waals surface area contributed by atoms with Gasteiger partial charge < -0.3 is 9.47 Å². The number of alkyl halides is 5. The molecule has 0 N–H and O–H groups in total. The molecule has 0 aliphatic rings. The van der Waals surface area contributed by atoms with Crippen LogP contribution in [0, 0.1) is 0 Å². The molecule has 0 aliphatic carbocycles. The summed E-state index contributed by atoms with van der Waals surface area (Å²) >= 11 is 0. The molecule has 0 saturated carbocycles. The van der Waals surface area contributed by atoms with Crippen LogP contribution in [0.4, 0.5) is 22.0 Å². The van der Waals surface area contributed by atoms with Crippen molar-refractivity contribution in [3.63, 3.8) is 0 Å². The summed E-state index contributed by atoms with van der Waals surface area (Å²) in [6.07, 6.45) is -11.3. The molecular weight excluding hydrogens is 418 g/mol. The smallest absolute Gasteiger partial charge is 0.451 e. The Morgan fingerprint density at radius 1 is 1.07 bits per heavy atom. The highest BCUT2D eigenvalue weighted by Crippen LogP contribution is 2.48. The van der Waals surface area contributed by atoms with Crippen LogP contribution in [0.1, 0.15) is 5.56 Å². The molecule has 0 unspecified atom stereocenters. The molecule has 0 saturated heterocycles. The fraction of sp³-hybridized carbons (Fsp3) is 0.533. The fourth-order valence-electron chi connectivity index (χ4n) is 2.11. The normalized spacial score (nSPS) is 15.9. The van der Waals surface area contributed by atoms with E-state index in [1.54, 1.807) is 0 Å². The maximum absolute atomic E-state index is 13.7. The molecule has 2 atom stereocenters. The number of carbonyl (C=O) groups is 1. The standard InChI is InChI=1S/C15H18F5O7P/c1-23-14(15(18,19)20,10-7-5-4-6-8-10)13(21)27-11(12(16)17)9-26-28(22,24-2)25-3/h4-8,11-12H,9H2,1-3H3/t11-,14+/m1/s1. The Labute approximate surface area is 157 Å². The van der Waals surface area contributed by atoms with Gasteiger partial charge in [-0.15, -0.1) is 0 Å². The molecule has 0 fully saturated rings. The molecule has 1 rings (SSSR count). The van der Waals surface area contributed by atoms with Gasteiger partial charge in [-0.1, -0.05) is 30.3 Å². The van der Waals surface area contributed by atoms with Gasteiger partial charge in [0.1, 0.15) is 6.61 Å². The van der Waals surface area contributed by atoms with Crippen molar-refractivity contribution in [3.8, 4) is 0 Å². The third-order valence-corrected chi connectivity index (χ3v) is 4.92. The van der Waals surface area contributed by atoms with E-state index in [0.29, 0.717) is 7.11 Å². The Morgan fingerprint density at radius 2 is 1.61 bits per heavy atom. The van der Waals surface area contributed by atoms with Crippen LogP contribution < -0.4 is 0 Å². The van der Waals surface area contributed by atoms with Crippen molar-refractivity contribution in [1.29, 1.82) is 0 Å². The lowest BCUT2D eigenvalue weighted by atomic mass is 9.92. The van der Waals surface area contributed by atoms with E-state index in [0.717, 1.165) is 26.4 Å². The number of benzene rings is 1. The summed E-state index contributed by atoms with van der Waals surface area (Å²) in [6, 6.07) is 5.63. The van der Waals surface area contributed by atoms with Crippen molar-refractivity contribution in [2.24, 2.45) is 0 Å². The van der Waals surface area contributed by atoms with Gasteiger partial charge in [0.2, 0.25) is 0 Å². The molecule has 0 spiro atoms. The van der Waals surface area contributed by atoms with Crippen LogP contribution in [0.15, 0.2) is 30.3 Å². The Bertz CT molecular complexity index is 677. The third-order valence-electron chi connectivity index (χ3n) is 3.56. The number of esters is 1. The van der Waals surface area contributed by atoms with Crippen LogP contribution in [0.5, 0.6) is 0 Å². The maximum atomic E-state index is 13.7. The molecule has 7 nitrogen and oxygen atoms in total. The third kappa shape index (κ3) is 5.26. The van der Waals surface area contributed by atoms with Gasteiger partial charge in [-0.2, -0.15) is 13.2 Å². The molecular formula is C15H18F5O7P. The lowest BCUT2D eigenvalue weighted by Gasteiger charge is -2.33. The summed E-state index contributed by atoms with van der Waals surface area (Å²) < 4.78 is 101. The van der Waals surface area contributed by atoms with E-state index in [1.165, 1.54) is 18.2 Å². The zero-order chi connectivity index (χ0) is 21.6. The lowest BCUT2D eigenvalue weighted by Crippen LogP contribution is -2.53. The predicted molar refractivity (Wildman–Crippen MR) is 84.6 cm³/mol. The van der Waals surface area contributed by atoms with Crippen LogP contribution in [-0.2, 0) is 38.0 Å². The largest absolute Gasteiger partial charge is 0.474 e. The summed E-state index contributed by atoms with van der Waals surface area (Å²) in [5, 5.41) is 0. The van der Waals surface area contributed by atoms with Gasteiger partial charge in [0.05, 0.1) is 0 Å². The van der Waals surface area contributed by atoms with Gasteiger partial charge in [-0.25, -0.2) is 18.1 Å². The number of phosphoric acid groups is 1. The quantitative estimate of drug-likeness (QED) is 0.315. The molecule has 0 aromatic heterocycles. The van der Waals surface area contributed by atoms with Gasteiger partial charge in [0.15, 0.2) is 6.10 Å². The summed E-state index contributed by atoms with van der Waals surface area (Å²) in [4.78, 5) is 12.3. The molecule has 13 heteroatoms. The highest BCUT2D eigenvalue weighted by molar-refractivity contribution is 7.48. The second-order valence-electron chi connectivity index (χ2n) is 5.14. The average Bonchev–Trinajstić information content (AvgIpc) is 2.65. The topological polar surface area (TPSA) is 80.3 Å². The zero-order valence-electron chi connectivity index (χ0n) is 14.9. The first kappa shape index (κ1) is 24.4. The molecule has 0 aliphatic heterocycles. The van der Waals surface area contributed by atoms with E-state index in [1.807, 2.05) is 0 Å². The molecule has 0 radical (unpaired) electrons. The minimum Gasteiger partial charge on any atom is -0.451 e. The summed E-state index contributed by atoms with van der Waals surface area (Å²) in [5.74, 6) is -2.15. The van der Waals surface area contributed by atoms with Crippen molar-refractivity contribution >= 4 is 13.8 Å². The van der Waals surface area contributed by atoms with Crippen LogP contribution in [0.2, 0.25) is 0 Å². The van der Waals surface area contributed by atoms with E-state index in [2.05, 4.69) is 23.0 Å². The number of methoxy groups -OCH3 is 1. The van der Waals surface area contributed by atoms with Gasteiger partial charge in [0, 0.05) is 26.9 Å². The lowest BCUT2D eigenvalue weighted by molar-refractivity contribution is -0.280. The maximum Gasteiger partial charge on any atom is 0.474 e. The van der Waals surface area contributed by atoms with Crippen molar-refractivity contribution in [2.45, 2.75) is 24.3 Å². The minimum absolute atomic E-state index is 0.583. The fourth-order valence-corrected chi connectivity index (χ4v) is 2.80. The highest BCUT2D eigenvalue weighted by atomic mass is 31.2. The van der Waals surface area contributed by atoms with Crippen LogP contribution in [-0.4, -0.2) is 52.6 Å². The number of rotatable bonds is 10. The van der Waals surface area contributed by atoms with Crippen molar-refractivity contribution in [3.05, 3.63) is 35.9 Å². The molecule has 1 aromatic rings. The number of carbonyl (C=O) groups excluding carboxylic acids is 1. The second-order valence-corrected chi connectivity index (χ2v) is 7.02. The average molecular weight is 436 g/mol. The Morgan fingerprint density at radius 3 is 2.00 bits per heavy atom. The highest BCUT2D eigenvalue weighted by Gasteiger charge is 2.64. The molecule has 0 bridgehead atoms. The molecule has 28 heavy (non-hydrogen) atoms. The first-order valence-electron chi connectivity index (χ1n) is 7.50. The SMILES string of the molecule is CO[C@](C(=O)O[C@H](COP(=O)(OC)OC)C(F)F)(c1ccccc1)C(F)(F)F. The molecule has 160 valence electrons. The van der Waals surface area contributed by atoms with Crippen LogP contribution in [0.3, 0.4) is 0 Å². The van der Waals surface area contributed by atoms with E-state index in [-0.39, 0.29) is 0 Å². The van der Waals surface area contributed by atoms with Crippen molar-refractivity contribution in [2.75, 3.05) is 27.9 Å². The molecule has 0 amide bonds. The van der Waals surface area contributed by atoms with Crippen molar-refractivity contribution in [1.82, 2.24) is 0 Å². The van der Waals surface area contributed by atoms with Crippen LogP contribution in [0.25, 0.3) is 0 Å². The molecule has 0 heterocycles. The predicted octanol–water partition coefficient (Wildman–Crippen LogP) is 3.69. The van der Waals surface area contributed by atoms with Gasteiger partial charge in [-0.05, 0) is 0 Å². The van der Waals surface area contributed by atoms with E-state index >= 15 is 0 Å². The number of hydrogen-bond donors (Lipinski definition) is 0. The minimum atomic E-state index is -5.35. The summed E-state index contributed by atoms with van der Waals surface area (Å²) in [6.45, 7) is -1.26. The summed E-state index contributed by atoms with van der Waals surface area (Å²) in [5.41, 5.74) is -4.34. The monoisotopic (exact) mass is 436 g/mol. The van der Waals surface area contributed by atoms with Crippen molar-refractivity contribution < 1.29 is 54.4 Å². The van der Waals surface area contributed by atoms with Gasteiger partial charge >= 0.3 is 20.0 Å². The van der Waals surface area contributed by atoms with Crippen LogP contribution >= 0.6 is 7.82 Å². The Balaban J connectivity index is 3.19. The Kier molecular flexibility index (Phi) is 8.51. The first-order chi connectivity index (χ1) is 13.0. The number of ether oxygens (including phenoxy) is 2. The second kappa shape index (κ2) is 9.75. The van der Waals surface area contributed by atoms with E-state index in [4.69, 9.17) is 0 Å². The molecule has 1 aromatic carbocycles. The van der Waals surface area contributed by atoms with Gasteiger partial charge in [0.25, 0.3) is 12.0 Å². The summed E-state index contributed by atoms with van der Waals surface area (Å²) in [7, 11) is -1.87. The Hall–Kier alpha value is -1.59. The first-order valence-corrected chi connectivity index (χ1v) is 8.96. The number of phosphoric ester groups is 1. The van der Waals surface area contributed by atoms with Gasteiger partial charge in [-0.3, -0.25) is 13.6 Å². The van der Waals surface area contributed by atoms with E-state index < -0.39 is 50.3 Å². The number of halogens is 5. The zero-order valence-corrected chi connectivity index (χ0v) is 15.8.